The predicted molar refractivity (Wildman–Crippen MR) is 92.1 cm³/mol. The number of nitrogens with zero attached hydrogens (tertiary/aromatic N) is 1. The third-order valence-corrected chi connectivity index (χ3v) is 4.71. The first-order valence-corrected chi connectivity index (χ1v) is 8.80. The topological polar surface area (TPSA) is 32.3 Å². The minimum absolute atomic E-state index is 0.172. The summed E-state index contributed by atoms with van der Waals surface area (Å²) in [5.74, 6) is 0.800. The maximum absolute atomic E-state index is 12.6. The Balaban J connectivity index is 1.84. The second-order valence-corrected chi connectivity index (χ2v) is 6.50. The second kappa shape index (κ2) is 8.94. The van der Waals surface area contributed by atoms with Crippen LogP contribution in [-0.2, 0) is 0 Å². The molecule has 1 N–H and O–H groups in total. The Morgan fingerprint density at radius 2 is 2.05 bits per heavy atom. The van der Waals surface area contributed by atoms with E-state index in [1.807, 2.05) is 35.2 Å². The summed E-state index contributed by atoms with van der Waals surface area (Å²) in [7, 11) is 0. The third-order valence-electron chi connectivity index (χ3n) is 4.71. The van der Waals surface area contributed by atoms with E-state index in [0.29, 0.717) is 12.0 Å². The van der Waals surface area contributed by atoms with Gasteiger partial charge in [-0.2, -0.15) is 0 Å². The number of nitrogens with one attached hydrogen (secondary N) is 1. The van der Waals surface area contributed by atoms with Crippen molar-refractivity contribution in [3.63, 3.8) is 0 Å². The molecule has 1 amide bonds. The fourth-order valence-electron chi connectivity index (χ4n) is 3.20. The van der Waals surface area contributed by atoms with Gasteiger partial charge in [0, 0.05) is 31.2 Å². The largest absolute Gasteiger partial charge is 0.336 e. The van der Waals surface area contributed by atoms with E-state index in [1.54, 1.807) is 0 Å². The Morgan fingerprint density at radius 3 is 2.77 bits per heavy atom. The molecule has 1 aliphatic heterocycles. The summed E-state index contributed by atoms with van der Waals surface area (Å²) in [5.41, 5.74) is 0.804. The summed E-state index contributed by atoms with van der Waals surface area (Å²) in [4.78, 5) is 14.6. The molecule has 2 atom stereocenters. The highest BCUT2D eigenvalue weighted by Crippen LogP contribution is 2.18. The molecule has 22 heavy (non-hydrogen) atoms. The van der Waals surface area contributed by atoms with Crippen LogP contribution in [0.1, 0.15) is 56.3 Å². The van der Waals surface area contributed by atoms with E-state index in [0.717, 1.165) is 25.2 Å². The highest BCUT2D eigenvalue weighted by atomic mass is 16.2. The van der Waals surface area contributed by atoms with Gasteiger partial charge in [-0.15, -0.1) is 0 Å². The van der Waals surface area contributed by atoms with E-state index in [1.165, 1.54) is 32.1 Å². The number of amides is 1. The molecule has 0 aromatic heterocycles. The number of piperazine rings is 1. The molecule has 1 aromatic rings. The number of carbonyl (C=O) groups is 1. The van der Waals surface area contributed by atoms with Crippen LogP contribution in [0.2, 0.25) is 0 Å². The zero-order valence-electron chi connectivity index (χ0n) is 14.1. The Labute approximate surface area is 135 Å². The van der Waals surface area contributed by atoms with Crippen LogP contribution in [0.25, 0.3) is 0 Å². The van der Waals surface area contributed by atoms with E-state index >= 15 is 0 Å². The summed E-state index contributed by atoms with van der Waals surface area (Å²) in [6.45, 7) is 7.12. The van der Waals surface area contributed by atoms with Crippen molar-refractivity contribution in [1.29, 1.82) is 0 Å². The van der Waals surface area contributed by atoms with Crippen molar-refractivity contribution >= 4 is 5.91 Å². The lowest BCUT2D eigenvalue weighted by molar-refractivity contribution is 0.0676. The fraction of sp³-hybridized carbons (Fsp3) is 0.632. The van der Waals surface area contributed by atoms with Gasteiger partial charge < -0.3 is 10.2 Å². The quantitative estimate of drug-likeness (QED) is 0.779. The summed E-state index contributed by atoms with van der Waals surface area (Å²) in [5, 5.41) is 3.60. The summed E-state index contributed by atoms with van der Waals surface area (Å²) >= 11 is 0. The van der Waals surface area contributed by atoms with Gasteiger partial charge in [0.05, 0.1) is 0 Å². The van der Waals surface area contributed by atoms with Crippen LogP contribution in [0.5, 0.6) is 0 Å². The molecule has 0 radical (unpaired) electrons. The molecule has 0 bridgehead atoms. The van der Waals surface area contributed by atoms with Crippen molar-refractivity contribution < 1.29 is 4.79 Å². The monoisotopic (exact) mass is 302 g/mol. The Hall–Kier alpha value is -1.35. The first-order chi connectivity index (χ1) is 10.7. The number of benzene rings is 1. The van der Waals surface area contributed by atoms with Crippen molar-refractivity contribution in [1.82, 2.24) is 10.2 Å². The second-order valence-electron chi connectivity index (χ2n) is 6.50. The highest BCUT2D eigenvalue weighted by molar-refractivity contribution is 5.94. The maximum atomic E-state index is 12.6. The zero-order valence-corrected chi connectivity index (χ0v) is 14.1. The highest BCUT2D eigenvalue weighted by Gasteiger charge is 2.27. The van der Waals surface area contributed by atoms with Gasteiger partial charge in [-0.3, -0.25) is 4.79 Å². The van der Waals surface area contributed by atoms with Gasteiger partial charge in [-0.1, -0.05) is 57.7 Å². The van der Waals surface area contributed by atoms with E-state index in [4.69, 9.17) is 0 Å². The van der Waals surface area contributed by atoms with Gasteiger partial charge in [0.2, 0.25) is 0 Å². The lowest BCUT2D eigenvalue weighted by Gasteiger charge is -2.37. The molecule has 122 valence electrons. The van der Waals surface area contributed by atoms with Gasteiger partial charge in [0.25, 0.3) is 5.91 Å². The van der Waals surface area contributed by atoms with Crippen LogP contribution in [0.15, 0.2) is 30.3 Å². The van der Waals surface area contributed by atoms with Crippen molar-refractivity contribution in [3.8, 4) is 0 Å². The lowest BCUT2D eigenvalue weighted by Crippen LogP contribution is -2.54. The van der Waals surface area contributed by atoms with Gasteiger partial charge in [-0.05, 0) is 24.5 Å². The Kier molecular flexibility index (Phi) is 6.91. The average Bonchev–Trinajstić information content (AvgIpc) is 2.59. The molecule has 2 unspecified atom stereocenters. The maximum Gasteiger partial charge on any atom is 0.253 e. The molecular weight excluding hydrogens is 272 g/mol. The van der Waals surface area contributed by atoms with Gasteiger partial charge in [0.15, 0.2) is 0 Å². The molecule has 1 aromatic carbocycles. The molecule has 3 nitrogen and oxygen atoms in total. The third kappa shape index (κ3) is 4.84. The number of carbonyl (C=O) groups excluding carboxylic acids is 1. The molecule has 0 spiro atoms. The first-order valence-electron chi connectivity index (χ1n) is 8.80. The van der Waals surface area contributed by atoms with E-state index in [2.05, 4.69) is 19.2 Å². The van der Waals surface area contributed by atoms with Crippen molar-refractivity contribution in [2.45, 2.75) is 52.0 Å². The molecular formula is C19H30N2O. The normalized spacial score (nSPS) is 19.9. The molecule has 2 rings (SSSR count). The smallest absolute Gasteiger partial charge is 0.253 e. The number of hydrogen-bond donors (Lipinski definition) is 1. The van der Waals surface area contributed by atoms with E-state index in [-0.39, 0.29) is 5.91 Å². The molecule has 3 heteroatoms. The summed E-state index contributed by atoms with van der Waals surface area (Å²) < 4.78 is 0. The van der Waals surface area contributed by atoms with Crippen LogP contribution < -0.4 is 5.32 Å². The van der Waals surface area contributed by atoms with Crippen LogP contribution in [-0.4, -0.2) is 36.5 Å². The summed E-state index contributed by atoms with van der Waals surface area (Å²) in [6, 6.07) is 10.1. The number of hydrogen-bond acceptors (Lipinski definition) is 2. The predicted octanol–water partition coefficient (Wildman–Crippen LogP) is 3.71. The van der Waals surface area contributed by atoms with Crippen molar-refractivity contribution in [2.24, 2.45) is 5.92 Å². The number of rotatable bonds is 7. The molecule has 0 saturated carbocycles. The molecule has 1 saturated heterocycles. The van der Waals surface area contributed by atoms with E-state index in [9.17, 15) is 4.79 Å². The minimum atomic E-state index is 0.172. The van der Waals surface area contributed by atoms with Gasteiger partial charge in [-0.25, -0.2) is 0 Å². The van der Waals surface area contributed by atoms with Crippen LogP contribution in [0.3, 0.4) is 0 Å². The Morgan fingerprint density at radius 1 is 1.27 bits per heavy atom. The molecule has 1 aliphatic rings. The van der Waals surface area contributed by atoms with Gasteiger partial charge >= 0.3 is 0 Å². The van der Waals surface area contributed by atoms with Gasteiger partial charge in [0.1, 0.15) is 0 Å². The first kappa shape index (κ1) is 17.0. The standard InChI is InChI=1S/C19H30N2O/c1-3-4-5-7-10-16(2)18-15-21(14-13-20-18)19(22)17-11-8-6-9-12-17/h6,8-9,11-12,16,18,20H,3-5,7,10,13-15H2,1-2H3. The van der Waals surface area contributed by atoms with Crippen molar-refractivity contribution in [2.75, 3.05) is 19.6 Å². The van der Waals surface area contributed by atoms with Crippen LogP contribution in [0, 0.1) is 5.92 Å². The molecule has 1 fully saturated rings. The molecule has 1 heterocycles. The van der Waals surface area contributed by atoms with Crippen molar-refractivity contribution in [3.05, 3.63) is 35.9 Å². The minimum Gasteiger partial charge on any atom is -0.336 e. The molecule has 0 aliphatic carbocycles. The average molecular weight is 302 g/mol. The van der Waals surface area contributed by atoms with Crippen LogP contribution in [0.4, 0.5) is 0 Å². The van der Waals surface area contributed by atoms with E-state index < -0.39 is 0 Å². The summed E-state index contributed by atoms with van der Waals surface area (Å²) in [6.07, 6.45) is 6.52. The van der Waals surface area contributed by atoms with Crippen LogP contribution >= 0.6 is 0 Å². The SMILES string of the molecule is CCCCCCC(C)C1CN(C(=O)c2ccccc2)CCN1. The Bertz CT molecular complexity index is 446. The zero-order chi connectivity index (χ0) is 15.8. The lowest BCUT2D eigenvalue weighted by atomic mass is 9.93. The fourth-order valence-corrected chi connectivity index (χ4v) is 3.20. The number of unbranched alkanes of at least 4 members (excludes halogenated alkanes) is 3.